The van der Waals surface area contributed by atoms with E-state index in [-0.39, 0.29) is 0 Å². The van der Waals surface area contributed by atoms with Crippen molar-refractivity contribution in [2.75, 3.05) is 52.6 Å². The number of benzene rings is 1. The molecule has 0 aliphatic carbocycles. The molecular formula is C16H24N2O4S. The standard InChI is InChI=1S/C12H15NO3S.C4H9NO/c1-2-11-3-5-12(6-4-11)17(14,15)13-7-9-16-10-8-13;1-3-6-4-2-5-1/h2-6H,1,7-10H2;5H,1-4H2. The molecule has 2 heterocycles. The van der Waals surface area contributed by atoms with E-state index in [9.17, 15) is 8.42 Å². The number of hydrogen-bond acceptors (Lipinski definition) is 5. The van der Waals surface area contributed by atoms with Gasteiger partial charge in [0.25, 0.3) is 0 Å². The van der Waals surface area contributed by atoms with E-state index in [4.69, 9.17) is 9.47 Å². The molecule has 1 N–H and O–H groups in total. The Morgan fingerprint density at radius 3 is 2.00 bits per heavy atom. The third kappa shape index (κ3) is 5.40. The summed E-state index contributed by atoms with van der Waals surface area (Å²) in [6.07, 6.45) is 1.69. The van der Waals surface area contributed by atoms with Crippen LogP contribution in [0, 0.1) is 0 Å². The van der Waals surface area contributed by atoms with Gasteiger partial charge in [-0.2, -0.15) is 4.31 Å². The fourth-order valence-electron chi connectivity index (χ4n) is 2.23. The Morgan fingerprint density at radius 1 is 1.00 bits per heavy atom. The van der Waals surface area contributed by atoms with Crippen molar-refractivity contribution >= 4 is 16.1 Å². The third-order valence-electron chi connectivity index (χ3n) is 3.57. The molecule has 0 atom stereocenters. The Balaban J connectivity index is 0.000000268. The van der Waals surface area contributed by atoms with E-state index in [0.717, 1.165) is 31.9 Å². The Bertz CT molecular complexity index is 565. The summed E-state index contributed by atoms with van der Waals surface area (Å²) in [6, 6.07) is 6.73. The van der Waals surface area contributed by atoms with Gasteiger partial charge in [0.05, 0.1) is 31.3 Å². The Hall–Kier alpha value is -1.25. The largest absolute Gasteiger partial charge is 0.379 e. The predicted molar refractivity (Wildman–Crippen MR) is 89.8 cm³/mol. The number of rotatable bonds is 3. The van der Waals surface area contributed by atoms with Crippen LogP contribution in [0.3, 0.4) is 0 Å². The van der Waals surface area contributed by atoms with Crippen LogP contribution in [0.4, 0.5) is 0 Å². The molecule has 3 rings (SSSR count). The second kappa shape index (κ2) is 9.14. The summed E-state index contributed by atoms with van der Waals surface area (Å²) in [5.74, 6) is 0. The summed E-state index contributed by atoms with van der Waals surface area (Å²) in [6.45, 7) is 9.24. The van der Waals surface area contributed by atoms with Gasteiger partial charge in [0.2, 0.25) is 10.0 Å². The number of ether oxygens (including phenoxy) is 2. The lowest BCUT2D eigenvalue weighted by atomic mass is 10.2. The molecule has 0 saturated carbocycles. The van der Waals surface area contributed by atoms with Gasteiger partial charge in [-0.25, -0.2) is 8.42 Å². The average Bonchev–Trinajstić information content (AvgIpc) is 2.64. The molecule has 128 valence electrons. The molecule has 6 nitrogen and oxygen atoms in total. The van der Waals surface area contributed by atoms with Crippen LogP contribution >= 0.6 is 0 Å². The first kappa shape index (κ1) is 18.1. The van der Waals surface area contributed by atoms with Crippen molar-refractivity contribution in [1.29, 1.82) is 0 Å². The zero-order valence-corrected chi connectivity index (χ0v) is 14.1. The van der Waals surface area contributed by atoms with Gasteiger partial charge >= 0.3 is 0 Å². The van der Waals surface area contributed by atoms with Crippen molar-refractivity contribution in [3.8, 4) is 0 Å². The number of sulfonamides is 1. The minimum Gasteiger partial charge on any atom is -0.379 e. The average molecular weight is 340 g/mol. The van der Waals surface area contributed by atoms with Crippen molar-refractivity contribution in [2.45, 2.75) is 4.90 Å². The quantitative estimate of drug-likeness (QED) is 0.888. The topological polar surface area (TPSA) is 67.9 Å². The van der Waals surface area contributed by atoms with Gasteiger partial charge in [-0.05, 0) is 17.7 Å². The summed E-state index contributed by atoms with van der Waals surface area (Å²) >= 11 is 0. The lowest BCUT2D eigenvalue weighted by Gasteiger charge is -2.26. The molecule has 0 radical (unpaired) electrons. The van der Waals surface area contributed by atoms with Gasteiger partial charge in [-0.3, -0.25) is 0 Å². The number of nitrogens with one attached hydrogen (secondary N) is 1. The second-order valence-corrected chi connectivity index (χ2v) is 7.09. The van der Waals surface area contributed by atoms with Crippen molar-refractivity contribution in [1.82, 2.24) is 9.62 Å². The second-order valence-electron chi connectivity index (χ2n) is 5.15. The van der Waals surface area contributed by atoms with Crippen molar-refractivity contribution in [3.63, 3.8) is 0 Å². The highest BCUT2D eigenvalue weighted by Gasteiger charge is 2.25. The van der Waals surface area contributed by atoms with Crippen molar-refractivity contribution in [2.24, 2.45) is 0 Å². The maximum absolute atomic E-state index is 12.2. The van der Waals surface area contributed by atoms with Crippen LogP contribution in [0.2, 0.25) is 0 Å². The summed E-state index contributed by atoms with van der Waals surface area (Å²) < 4.78 is 36.1. The number of morpholine rings is 2. The Kier molecular flexibility index (Phi) is 7.19. The van der Waals surface area contributed by atoms with Crippen LogP contribution in [0.25, 0.3) is 6.08 Å². The SMILES string of the molecule is C1COCCN1.C=Cc1ccc(S(=O)(=O)N2CCOCC2)cc1. The zero-order chi connectivity index (χ0) is 16.5. The van der Waals surface area contributed by atoms with Crippen LogP contribution < -0.4 is 5.32 Å². The number of nitrogens with zero attached hydrogens (tertiary/aromatic N) is 1. The molecule has 1 aromatic carbocycles. The normalized spacial score (nSPS) is 19.5. The van der Waals surface area contributed by atoms with Gasteiger partial charge < -0.3 is 14.8 Å². The molecule has 0 bridgehead atoms. The molecule has 2 saturated heterocycles. The number of hydrogen-bond donors (Lipinski definition) is 1. The monoisotopic (exact) mass is 340 g/mol. The summed E-state index contributed by atoms with van der Waals surface area (Å²) in [7, 11) is -3.37. The van der Waals surface area contributed by atoms with E-state index in [2.05, 4.69) is 11.9 Å². The minimum absolute atomic E-state index is 0.324. The highest BCUT2D eigenvalue weighted by atomic mass is 32.2. The molecule has 0 amide bonds. The highest BCUT2D eigenvalue weighted by Crippen LogP contribution is 2.17. The molecule has 0 unspecified atom stereocenters. The van der Waals surface area contributed by atoms with Crippen LogP contribution in [-0.4, -0.2) is 65.3 Å². The lowest BCUT2D eigenvalue weighted by Crippen LogP contribution is -2.40. The van der Waals surface area contributed by atoms with Crippen molar-refractivity contribution < 1.29 is 17.9 Å². The molecule has 23 heavy (non-hydrogen) atoms. The first-order chi connectivity index (χ1) is 11.1. The maximum Gasteiger partial charge on any atom is 0.243 e. The molecule has 0 spiro atoms. The van der Waals surface area contributed by atoms with E-state index < -0.39 is 10.0 Å². The summed E-state index contributed by atoms with van der Waals surface area (Å²) in [5.41, 5.74) is 0.908. The molecule has 2 fully saturated rings. The van der Waals surface area contributed by atoms with Crippen LogP contribution in [-0.2, 0) is 19.5 Å². The summed E-state index contributed by atoms with van der Waals surface area (Å²) in [4.78, 5) is 0.324. The van der Waals surface area contributed by atoms with Gasteiger partial charge in [0.15, 0.2) is 0 Å². The summed E-state index contributed by atoms with van der Waals surface area (Å²) in [5, 5.41) is 3.16. The molecule has 1 aromatic rings. The Labute approximate surface area is 138 Å². The van der Waals surface area contributed by atoms with Crippen LogP contribution in [0.15, 0.2) is 35.7 Å². The lowest BCUT2D eigenvalue weighted by molar-refractivity contribution is 0.0730. The molecule has 7 heteroatoms. The molecule has 2 aliphatic heterocycles. The van der Waals surface area contributed by atoms with Crippen LogP contribution in [0.1, 0.15) is 5.56 Å². The van der Waals surface area contributed by atoms with Crippen molar-refractivity contribution in [3.05, 3.63) is 36.4 Å². The molecular weight excluding hydrogens is 316 g/mol. The molecule has 2 aliphatic rings. The smallest absolute Gasteiger partial charge is 0.243 e. The van der Waals surface area contributed by atoms with Gasteiger partial charge in [-0.15, -0.1) is 0 Å². The van der Waals surface area contributed by atoms with E-state index in [0.29, 0.717) is 31.2 Å². The molecule has 0 aromatic heterocycles. The van der Waals surface area contributed by atoms with Gasteiger partial charge in [-0.1, -0.05) is 24.8 Å². The highest BCUT2D eigenvalue weighted by molar-refractivity contribution is 7.89. The zero-order valence-electron chi connectivity index (χ0n) is 13.2. The fourth-order valence-corrected chi connectivity index (χ4v) is 3.64. The fraction of sp³-hybridized carbons (Fsp3) is 0.500. The van der Waals surface area contributed by atoms with Gasteiger partial charge in [0.1, 0.15) is 0 Å². The maximum atomic E-state index is 12.2. The Morgan fingerprint density at radius 2 is 1.57 bits per heavy atom. The third-order valence-corrected chi connectivity index (χ3v) is 5.48. The first-order valence-corrected chi connectivity index (χ1v) is 9.17. The van der Waals surface area contributed by atoms with E-state index in [1.165, 1.54) is 4.31 Å². The van der Waals surface area contributed by atoms with E-state index in [1.54, 1.807) is 30.3 Å². The first-order valence-electron chi connectivity index (χ1n) is 7.73. The van der Waals surface area contributed by atoms with E-state index >= 15 is 0 Å². The minimum atomic E-state index is -3.37. The predicted octanol–water partition coefficient (Wildman–Crippen LogP) is 0.957. The van der Waals surface area contributed by atoms with E-state index in [1.807, 2.05) is 0 Å². The van der Waals surface area contributed by atoms with Gasteiger partial charge in [0, 0.05) is 26.2 Å². The van der Waals surface area contributed by atoms with Crippen LogP contribution in [0.5, 0.6) is 0 Å².